The molecule has 0 fully saturated rings. The van der Waals surface area contributed by atoms with E-state index in [0.29, 0.717) is 0 Å². The number of carbonyl (C=O) groups excluding carboxylic acids is 3. The van der Waals surface area contributed by atoms with Gasteiger partial charge >= 0.3 is 11.8 Å². The Morgan fingerprint density at radius 1 is 1.07 bits per heavy atom. The Labute approximate surface area is 152 Å². The first-order valence-electron chi connectivity index (χ1n) is 7.60. The Morgan fingerprint density at radius 3 is 2.33 bits per heavy atom. The van der Waals surface area contributed by atoms with Crippen molar-refractivity contribution in [1.29, 1.82) is 0 Å². The van der Waals surface area contributed by atoms with Crippen LogP contribution in [0.25, 0.3) is 0 Å². The van der Waals surface area contributed by atoms with Crippen LogP contribution >= 0.6 is 0 Å². The van der Waals surface area contributed by atoms with Gasteiger partial charge in [0.05, 0.1) is 18.4 Å². The highest BCUT2D eigenvalue weighted by Gasteiger charge is 2.43. The van der Waals surface area contributed by atoms with Crippen molar-refractivity contribution in [1.82, 2.24) is 15.8 Å². The van der Waals surface area contributed by atoms with Crippen molar-refractivity contribution in [3.63, 3.8) is 0 Å². The second-order valence-corrected chi connectivity index (χ2v) is 5.31. The zero-order chi connectivity index (χ0) is 20.0. The van der Waals surface area contributed by atoms with E-state index in [1.165, 1.54) is 43.8 Å². The summed E-state index contributed by atoms with van der Waals surface area (Å²) in [4.78, 5) is 38.8. The number of ether oxygens (including phenoxy) is 1. The van der Waals surface area contributed by atoms with Crippen LogP contribution in [-0.4, -0.2) is 29.8 Å². The monoisotopic (exact) mass is 378 g/mol. The zero-order valence-corrected chi connectivity index (χ0v) is 14.4. The maximum atomic E-state index is 14.6. The van der Waals surface area contributed by atoms with Crippen molar-refractivity contribution in [3.05, 3.63) is 53.9 Å². The largest absolute Gasteiger partial charge is 0.497 e. The van der Waals surface area contributed by atoms with Gasteiger partial charge in [-0.1, -0.05) is 0 Å². The summed E-state index contributed by atoms with van der Waals surface area (Å²) in [5.74, 6) is -7.19. The van der Waals surface area contributed by atoms with Gasteiger partial charge in [-0.05, 0) is 30.3 Å². The molecule has 0 saturated heterocycles. The Hall–Kier alpha value is -3.56. The van der Waals surface area contributed by atoms with Crippen molar-refractivity contribution in [2.24, 2.45) is 0 Å². The number of aromatic nitrogens is 1. The maximum absolute atomic E-state index is 14.6. The lowest BCUT2D eigenvalue weighted by Gasteiger charge is -2.20. The number of carbonyl (C=O) groups is 3. The van der Waals surface area contributed by atoms with Crippen molar-refractivity contribution in [2.75, 3.05) is 12.4 Å². The first kappa shape index (κ1) is 19.8. The molecule has 27 heavy (non-hydrogen) atoms. The second kappa shape index (κ2) is 8.21. The molecular formula is C17H16F2N4O4. The Balaban J connectivity index is 2.22. The number of methoxy groups -OCH3 is 1. The van der Waals surface area contributed by atoms with E-state index in [1.807, 2.05) is 5.43 Å². The number of halogens is 2. The summed E-state index contributed by atoms with van der Waals surface area (Å²) in [6, 6.07) is 6.16. The molecule has 0 aliphatic heterocycles. The normalized spacial score (nSPS) is 10.7. The van der Waals surface area contributed by atoms with Crippen molar-refractivity contribution >= 4 is 23.4 Å². The van der Waals surface area contributed by atoms with E-state index in [2.05, 4.69) is 10.3 Å². The molecule has 0 spiro atoms. The van der Waals surface area contributed by atoms with E-state index in [1.54, 1.807) is 5.43 Å². The molecule has 142 valence electrons. The summed E-state index contributed by atoms with van der Waals surface area (Å²) in [6.07, 6.45) is 2.67. The smallest absolute Gasteiger partial charge is 0.353 e. The standard InChI is InChI=1S/C17H16F2N4O4/c1-10(24)21-14-4-3-12(27-2)9-13(14)17(18,19)16(26)23-22-15(25)11-5-7-20-8-6-11/h3-9H,1-2H3,(H,21,24)(H,22,25)(H,23,26). The molecule has 0 saturated carbocycles. The van der Waals surface area contributed by atoms with Crippen LogP contribution in [0.4, 0.5) is 14.5 Å². The maximum Gasteiger partial charge on any atom is 0.353 e. The number of anilines is 1. The summed E-state index contributed by atoms with van der Waals surface area (Å²) in [5, 5.41) is 2.23. The second-order valence-electron chi connectivity index (χ2n) is 5.31. The van der Waals surface area contributed by atoms with Crippen LogP contribution in [0, 0.1) is 0 Å². The van der Waals surface area contributed by atoms with Gasteiger partial charge in [-0.25, -0.2) is 0 Å². The molecule has 0 atom stereocenters. The molecule has 0 aliphatic carbocycles. The fourth-order valence-electron chi connectivity index (χ4n) is 2.10. The average Bonchev–Trinajstić information content (AvgIpc) is 2.66. The van der Waals surface area contributed by atoms with Gasteiger partial charge in [-0.15, -0.1) is 0 Å². The summed E-state index contributed by atoms with van der Waals surface area (Å²) in [7, 11) is 1.27. The van der Waals surface area contributed by atoms with E-state index in [0.717, 1.165) is 13.0 Å². The zero-order valence-electron chi connectivity index (χ0n) is 14.4. The number of nitrogens with one attached hydrogen (secondary N) is 3. The van der Waals surface area contributed by atoms with Crippen LogP contribution in [-0.2, 0) is 15.5 Å². The predicted molar refractivity (Wildman–Crippen MR) is 91.0 cm³/mol. The Morgan fingerprint density at radius 2 is 1.74 bits per heavy atom. The van der Waals surface area contributed by atoms with Gasteiger partial charge in [0.1, 0.15) is 5.75 Å². The third-order valence-corrected chi connectivity index (χ3v) is 3.39. The van der Waals surface area contributed by atoms with E-state index < -0.39 is 29.2 Å². The first-order chi connectivity index (χ1) is 12.8. The molecule has 1 heterocycles. The summed E-state index contributed by atoms with van der Waals surface area (Å²) in [6.45, 7) is 1.14. The van der Waals surface area contributed by atoms with Gasteiger partial charge in [0, 0.05) is 24.9 Å². The average molecular weight is 378 g/mol. The molecule has 8 nitrogen and oxygen atoms in total. The Bertz CT molecular complexity index is 859. The summed E-state index contributed by atoms with van der Waals surface area (Å²) >= 11 is 0. The van der Waals surface area contributed by atoms with Crippen LogP contribution in [0.1, 0.15) is 22.8 Å². The Kier molecular flexibility index (Phi) is 6.01. The molecular weight excluding hydrogens is 362 g/mol. The highest BCUT2D eigenvalue weighted by atomic mass is 19.3. The minimum atomic E-state index is -4.07. The van der Waals surface area contributed by atoms with Crippen molar-refractivity contribution in [3.8, 4) is 5.75 Å². The van der Waals surface area contributed by atoms with E-state index in [-0.39, 0.29) is 17.0 Å². The molecule has 1 aromatic heterocycles. The molecule has 0 radical (unpaired) electrons. The SMILES string of the molecule is COc1ccc(NC(C)=O)c(C(F)(F)C(=O)NNC(=O)c2ccncc2)c1. The van der Waals surface area contributed by atoms with Gasteiger partial charge in [-0.2, -0.15) is 8.78 Å². The lowest BCUT2D eigenvalue weighted by atomic mass is 10.0. The van der Waals surface area contributed by atoms with E-state index >= 15 is 0 Å². The molecule has 0 aliphatic rings. The number of pyridine rings is 1. The van der Waals surface area contributed by atoms with Crippen molar-refractivity contribution < 1.29 is 27.9 Å². The van der Waals surface area contributed by atoms with Gasteiger partial charge in [0.15, 0.2) is 0 Å². The minimum absolute atomic E-state index is 0.0624. The third kappa shape index (κ3) is 4.75. The molecule has 0 unspecified atom stereocenters. The number of hydrogen-bond acceptors (Lipinski definition) is 5. The van der Waals surface area contributed by atoms with Gasteiger partial charge in [0.2, 0.25) is 5.91 Å². The number of rotatable bonds is 5. The lowest BCUT2D eigenvalue weighted by molar-refractivity contribution is -0.147. The first-order valence-corrected chi connectivity index (χ1v) is 7.60. The molecule has 1 aromatic carbocycles. The molecule has 10 heteroatoms. The number of alkyl halides is 2. The summed E-state index contributed by atoms with van der Waals surface area (Å²) < 4.78 is 34.2. The van der Waals surface area contributed by atoms with E-state index in [9.17, 15) is 23.2 Å². The molecule has 3 amide bonds. The van der Waals surface area contributed by atoms with Crippen LogP contribution in [0.2, 0.25) is 0 Å². The number of amides is 3. The summed E-state index contributed by atoms with van der Waals surface area (Å²) in [5.41, 5.74) is 2.65. The topological polar surface area (TPSA) is 109 Å². The van der Waals surface area contributed by atoms with Gasteiger partial charge in [-0.3, -0.25) is 30.2 Å². The third-order valence-electron chi connectivity index (χ3n) is 3.39. The fourth-order valence-corrected chi connectivity index (χ4v) is 2.10. The van der Waals surface area contributed by atoms with Gasteiger partial charge < -0.3 is 10.1 Å². The minimum Gasteiger partial charge on any atom is -0.497 e. The quantitative estimate of drug-likeness (QED) is 0.685. The number of hydrogen-bond donors (Lipinski definition) is 3. The predicted octanol–water partition coefficient (Wildman–Crippen LogP) is 1.60. The van der Waals surface area contributed by atoms with Gasteiger partial charge in [0.25, 0.3) is 5.91 Å². The highest BCUT2D eigenvalue weighted by molar-refractivity contribution is 5.97. The highest BCUT2D eigenvalue weighted by Crippen LogP contribution is 2.36. The lowest BCUT2D eigenvalue weighted by Crippen LogP contribution is -2.48. The molecule has 2 rings (SSSR count). The number of nitrogens with zero attached hydrogens (tertiary/aromatic N) is 1. The number of hydrazine groups is 1. The number of benzene rings is 1. The molecule has 0 bridgehead atoms. The van der Waals surface area contributed by atoms with Crippen LogP contribution in [0.15, 0.2) is 42.7 Å². The van der Waals surface area contributed by atoms with Crippen LogP contribution in [0.3, 0.4) is 0 Å². The molecule has 3 N–H and O–H groups in total. The van der Waals surface area contributed by atoms with Crippen LogP contribution < -0.4 is 20.9 Å². The molecule has 2 aromatic rings. The fraction of sp³-hybridized carbons (Fsp3) is 0.176. The van der Waals surface area contributed by atoms with Crippen molar-refractivity contribution in [2.45, 2.75) is 12.8 Å². The van der Waals surface area contributed by atoms with E-state index in [4.69, 9.17) is 4.74 Å². The van der Waals surface area contributed by atoms with Crippen LogP contribution in [0.5, 0.6) is 5.75 Å².